The van der Waals surface area contributed by atoms with E-state index in [1.165, 1.54) is 0 Å². The van der Waals surface area contributed by atoms with Gasteiger partial charge in [0.25, 0.3) is 0 Å². The van der Waals surface area contributed by atoms with E-state index >= 15 is 0 Å². The van der Waals surface area contributed by atoms with Gasteiger partial charge in [0.2, 0.25) is 11.8 Å². The molecular weight excluding hydrogens is 252 g/mol. The summed E-state index contributed by atoms with van der Waals surface area (Å²) in [6.45, 7) is 12.3. The molecule has 1 N–H and O–H groups in total. The molecule has 1 aliphatic rings. The molecule has 0 spiro atoms. The van der Waals surface area contributed by atoms with E-state index in [9.17, 15) is 9.59 Å². The van der Waals surface area contributed by atoms with Crippen LogP contribution >= 0.6 is 0 Å². The van der Waals surface area contributed by atoms with Crippen LogP contribution in [0.25, 0.3) is 0 Å². The molecule has 3 atom stereocenters. The number of amides is 2. The maximum absolute atomic E-state index is 12.9. The molecule has 1 saturated heterocycles. The normalized spacial score (nSPS) is 25.6. The Morgan fingerprint density at radius 3 is 2.05 bits per heavy atom. The van der Waals surface area contributed by atoms with Gasteiger partial charge in [-0.2, -0.15) is 0 Å². The Bertz CT molecular complexity index is 355. The van der Waals surface area contributed by atoms with Gasteiger partial charge in [0, 0.05) is 5.54 Å². The fourth-order valence-corrected chi connectivity index (χ4v) is 3.32. The van der Waals surface area contributed by atoms with Gasteiger partial charge in [-0.25, -0.2) is 0 Å². The monoisotopic (exact) mass is 282 g/mol. The largest absolute Gasteiger partial charge is 0.342 e. The average molecular weight is 282 g/mol. The van der Waals surface area contributed by atoms with Crippen LogP contribution in [0.1, 0.15) is 67.2 Å². The van der Waals surface area contributed by atoms with Gasteiger partial charge in [0.05, 0.1) is 0 Å². The average Bonchev–Trinajstić information content (AvgIpc) is 2.47. The molecule has 0 bridgehead atoms. The molecule has 0 radical (unpaired) electrons. The maximum atomic E-state index is 12.9. The molecule has 20 heavy (non-hydrogen) atoms. The molecule has 1 aliphatic heterocycles. The zero-order valence-electron chi connectivity index (χ0n) is 13.8. The highest BCUT2D eigenvalue weighted by molar-refractivity contribution is 5.97. The molecule has 0 aliphatic carbocycles. The van der Waals surface area contributed by atoms with Crippen molar-refractivity contribution in [2.45, 2.75) is 84.8 Å². The van der Waals surface area contributed by atoms with Gasteiger partial charge in [-0.3, -0.25) is 9.59 Å². The van der Waals surface area contributed by atoms with Crippen molar-refractivity contribution < 1.29 is 9.59 Å². The lowest BCUT2D eigenvalue weighted by Crippen LogP contribution is -2.69. The zero-order valence-corrected chi connectivity index (χ0v) is 13.8. The topological polar surface area (TPSA) is 49.4 Å². The van der Waals surface area contributed by atoms with Crippen molar-refractivity contribution in [2.75, 3.05) is 0 Å². The zero-order chi connectivity index (χ0) is 15.5. The number of carbonyl (C=O) groups is 2. The smallest absolute Gasteiger partial charge is 0.246 e. The first-order valence-corrected chi connectivity index (χ1v) is 8.02. The van der Waals surface area contributed by atoms with Crippen LogP contribution in [-0.2, 0) is 9.59 Å². The fourth-order valence-electron chi connectivity index (χ4n) is 3.32. The molecule has 1 fully saturated rings. The van der Waals surface area contributed by atoms with Crippen LogP contribution in [-0.4, -0.2) is 34.3 Å². The third-order valence-corrected chi connectivity index (χ3v) is 5.27. The van der Waals surface area contributed by atoms with Crippen molar-refractivity contribution in [3.8, 4) is 0 Å². The molecule has 0 aromatic carbocycles. The van der Waals surface area contributed by atoms with Gasteiger partial charge >= 0.3 is 0 Å². The lowest BCUT2D eigenvalue weighted by atomic mass is 9.83. The minimum Gasteiger partial charge on any atom is -0.342 e. The Labute approximate surface area is 123 Å². The second-order valence-electron chi connectivity index (χ2n) is 6.04. The van der Waals surface area contributed by atoms with Crippen LogP contribution in [0, 0.1) is 5.92 Å². The van der Waals surface area contributed by atoms with Crippen molar-refractivity contribution in [1.29, 1.82) is 0 Å². The van der Waals surface area contributed by atoms with Crippen LogP contribution in [0.5, 0.6) is 0 Å². The second kappa shape index (κ2) is 6.59. The Kier molecular flexibility index (Phi) is 5.60. The molecule has 4 nitrogen and oxygen atoms in total. The second-order valence-corrected chi connectivity index (χ2v) is 6.04. The van der Waals surface area contributed by atoms with Crippen LogP contribution in [0.2, 0.25) is 0 Å². The molecule has 1 rings (SSSR count). The van der Waals surface area contributed by atoms with Crippen molar-refractivity contribution >= 4 is 11.8 Å². The van der Waals surface area contributed by atoms with Gasteiger partial charge in [-0.1, -0.05) is 41.0 Å². The molecule has 2 amide bonds. The van der Waals surface area contributed by atoms with Gasteiger partial charge in [-0.05, 0) is 32.1 Å². The highest BCUT2D eigenvalue weighted by Gasteiger charge is 2.47. The van der Waals surface area contributed by atoms with E-state index in [1.807, 2.05) is 18.7 Å². The minimum atomic E-state index is -0.373. The highest BCUT2D eigenvalue weighted by atomic mass is 16.2. The lowest BCUT2D eigenvalue weighted by molar-refractivity contribution is -0.158. The summed E-state index contributed by atoms with van der Waals surface area (Å²) in [5, 5.41) is 2.91. The maximum Gasteiger partial charge on any atom is 0.246 e. The number of carbonyl (C=O) groups excluding carboxylic acids is 2. The van der Waals surface area contributed by atoms with Crippen molar-refractivity contribution in [3.05, 3.63) is 0 Å². The van der Waals surface area contributed by atoms with E-state index in [4.69, 9.17) is 0 Å². The molecule has 3 unspecified atom stereocenters. The van der Waals surface area contributed by atoms with Crippen LogP contribution in [0.4, 0.5) is 0 Å². The number of nitrogens with one attached hydrogen (secondary N) is 1. The summed E-state index contributed by atoms with van der Waals surface area (Å²) in [6, 6.07) is -0.740. The Hall–Kier alpha value is -1.06. The Balaban J connectivity index is 3.19. The molecular formula is C16H30N2O2. The molecule has 4 heteroatoms. The van der Waals surface area contributed by atoms with Crippen LogP contribution in [0.15, 0.2) is 0 Å². The van der Waals surface area contributed by atoms with Gasteiger partial charge in [-0.15, -0.1) is 0 Å². The van der Waals surface area contributed by atoms with Crippen LogP contribution in [0.3, 0.4) is 0 Å². The minimum absolute atomic E-state index is 0.0189. The van der Waals surface area contributed by atoms with E-state index in [0.29, 0.717) is 0 Å². The number of hydrogen-bond acceptors (Lipinski definition) is 2. The third-order valence-electron chi connectivity index (χ3n) is 5.27. The molecule has 0 aromatic rings. The third kappa shape index (κ3) is 2.70. The summed E-state index contributed by atoms with van der Waals surface area (Å²) in [6.07, 6.45) is 3.54. The SMILES string of the molecule is CCC(C)C1NC(=O)C(C)N(C(CC)(CC)CC)C1=O. The summed E-state index contributed by atoms with van der Waals surface area (Å²) in [5.41, 5.74) is -0.194. The van der Waals surface area contributed by atoms with E-state index in [1.54, 1.807) is 0 Å². The van der Waals surface area contributed by atoms with Crippen molar-refractivity contribution in [2.24, 2.45) is 5.92 Å². The molecule has 1 heterocycles. The first-order valence-electron chi connectivity index (χ1n) is 8.02. The number of rotatable bonds is 6. The predicted octanol–water partition coefficient (Wildman–Crippen LogP) is 2.72. The summed E-state index contributed by atoms with van der Waals surface area (Å²) in [5.74, 6) is 0.247. The summed E-state index contributed by atoms with van der Waals surface area (Å²) in [7, 11) is 0. The lowest BCUT2D eigenvalue weighted by Gasteiger charge is -2.50. The van der Waals surface area contributed by atoms with Crippen molar-refractivity contribution in [3.63, 3.8) is 0 Å². The van der Waals surface area contributed by atoms with Crippen molar-refractivity contribution in [1.82, 2.24) is 10.2 Å². The van der Waals surface area contributed by atoms with Gasteiger partial charge in [0.15, 0.2) is 0 Å². The summed E-state index contributed by atoms with van der Waals surface area (Å²) in [4.78, 5) is 27.1. The van der Waals surface area contributed by atoms with E-state index in [0.717, 1.165) is 25.7 Å². The standard InChI is InChI=1S/C16H30N2O2/c1-7-11(5)13-15(20)18(12(6)14(19)17-13)16(8-2,9-3)10-4/h11-13H,7-10H2,1-6H3,(H,17,19). The van der Waals surface area contributed by atoms with Crippen LogP contribution < -0.4 is 5.32 Å². The van der Waals surface area contributed by atoms with E-state index < -0.39 is 0 Å². The predicted molar refractivity (Wildman–Crippen MR) is 81.3 cm³/mol. The van der Waals surface area contributed by atoms with Gasteiger partial charge in [0.1, 0.15) is 12.1 Å². The summed E-state index contributed by atoms with van der Waals surface area (Å²) >= 11 is 0. The quantitative estimate of drug-likeness (QED) is 0.814. The van der Waals surface area contributed by atoms with E-state index in [2.05, 4.69) is 33.0 Å². The van der Waals surface area contributed by atoms with E-state index in [-0.39, 0.29) is 35.4 Å². The molecule has 116 valence electrons. The number of hydrogen-bond donors (Lipinski definition) is 1. The number of piperazine rings is 1. The summed E-state index contributed by atoms with van der Waals surface area (Å²) < 4.78 is 0. The first kappa shape index (κ1) is 17.0. The van der Waals surface area contributed by atoms with Gasteiger partial charge < -0.3 is 10.2 Å². The molecule has 0 saturated carbocycles. The number of nitrogens with zero attached hydrogens (tertiary/aromatic N) is 1. The first-order chi connectivity index (χ1) is 9.38. The molecule has 0 aromatic heterocycles. The Morgan fingerprint density at radius 1 is 1.15 bits per heavy atom. The fraction of sp³-hybridized carbons (Fsp3) is 0.875. The Morgan fingerprint density at radius 2 is 1.65 bits per heavy atom. The highest BCUT2D eigenvalue weighted by Crippen LogP contribution is 2.33.